The lowest BCUT2D eigenvalue weighted by Gasteiger charge is -2.41. The number of sulfonamides is 1. The Labute approximate surface area is 221 Å². The molecule has 12 heteroatoms. The van der Waals surface area contributed by atoms with E-state index in [0.29, 0.717) is 43.7 Å². The predicted molar refractivity (Wildman–Crippen MR) is 134 cm³/mol. The molecule has 2 unspecified atom stereocenters. The third-order valence-corrected chi connectivity index (χ3v) is 10.2. The van der Waals surface area contributed by atoms with E-state index in [1.807, 2.05) is 0 Å². The van der Waals surface area contributed by atoms with Crippen LogP contribution in [0.15, 0.2) is 18.2 Å². The second-order valence-corrected chi connectivity index (χ2v) is 13.1. The molecule has 210 valence electrons. The molecule has 1 aromatic carbocycles. The van der Waals surface area contributed by atoms with Crippen molar-refractivity contribution in [1.29, 1.82) is 0 Å². The average molecular weight is 558 g/mol. The number of aryl methyl sites for hydroxylation is 1. The number of fused-ring (bicyclic) bond motifs is 2. The molecular weight excluding hydrogens is 522 g/mol. The molecule has 7 nitrogen and oxygen atoms in total. The van der Waals surface area contributed by atoms with Gasteiger partial charge in [-0.3, -0.25) is 4.90 Å². The van der Waals surface area contributed by atoms with Gasteiger partial charge in [-0.1, -0.05) is 0 Å². The van der Waals surface area contributed by atoms with E-state index in [2.05, 4.69) is 15.1 Å². The van der Waals surface area contributed by atoms with Crippen LogP contribution >= 0.6 is 0 Å². The van der Waals surface area contributed by atoms with Gasteiger partial charge in [0.05, 0.1) is 6.26 Å². The maximum Gasteiger partial charge on any atom is 0.297 e. The number of piperidine rings is 2. The van der Waals surface area contributed by atoms with Gasteiger partial charge in [0.25, 0.3) is 6.43 Å². The van der Waals surface area contributed by atoms with Crippen LogP contribution < -0.4 is 0 Å². The molecule has 0 radical (unpaired) electrons. The molecule has 3 fully saturated rings. The van der Waals surface area contributed by atoms with Crippen molar-refractivity contribution in [1.82, 2.24) is 24.0 Å². The van der Waals surface area contributed by atoms with Gasteiger partial charge in [0.1, 0.15) is 17.5 Å². The number of alkyl halides is 2. The van der Waals surface area contributed by atoms with E-state index in [9.17, 15) is 26.0 Å². The lowest BCUT2D eigenvalue weighted by molar-refractivity contribution is 0.0861. The Balaban J connectivity index is 1.31. The molecule has 0 spiro atoms. The molecule has 38 heavy (non-hydrogen) atoms. The number of nitrogens with zero attached hydrogens (tertiary/aromatic N) is 5. The minimum atomic E-state index is -3.28. The predicted octanol–water partition coefficient (Wildman–Crippen LogP) is 4.82. The number of hydrogen-bond donors (Lipinski definition) is 0. The first kappa shape index (κ1) is 27.5. The van der Waals surface area contributed by atoms with E-state index >= 15 is 0 Å². The van der Waals surface area contributed by atoms with Gasteiger partial charge in [-0.05, 0) is 87.9 Å². The topological polar surface area (TPSA) is 71.3 Å². The maximum atomic E-state index is 14.2. The fourth-order valence-corrected chi connectivity index (χ4v) is 8.04. The third-order valence-electron chi connectivity index (χ3n) is 8.86. The van der Waals surface area contributed by atoms with Crippen LogP contribution in [-0.4, -0.2) is 70.4 Å². The van der Waals surface area contributed by atoms with Gasteiger partial charge in [0.2, 0.25) is 10.0 Å². The highest BCUT2D eigenvalue weighted by atomic mass is 32.2. The van der Waals surface area contributed by atoms with E-state index in [-0.39, 0.29) is 35.8 Å². The normalized spacial score (nSPS) is 26.3. The molecular formula is C26H35F4N5O2S. The highest BCUT2D eigenvalue weighted by molar-refractivity contribution is 7.88. The lowest BCUT2D eigenvalue weighted by atomic mass is 9.78. The number of benzene rings is 1. The Morgan fingerprint density at radius 1 is 0.947 bits per heavy atom. The smallest absolute Gasteiger partial charge is 0.297 e. The monoisotopic (exact) mass is 557 g/mol. The summed E-state index contributed by atoms with van der Waals surface area (Å²) >= 11 is 0. The largest absolute Gasteiger partial charge is 0.307 e. The molecule has 0 aliphatic carbocycles. The summed E-state index contributed by atoms with van der Waals surface area (Å²) in [4.78, 5) is 2.45. The highest BCUT2D eigenvalue weighted by Gasteiger charge is 2.43. The first-order valence-electron chi connectivity index (χ1n) is 13.4. The summed E-state index contributed by atoms with van der Waals surface area (Å²) in [6.07, 6.45) is 3.94. The summed E-state index contributed by atoms with van der Waals surface area (Å²) in [5, 5.41) is 7.61. The molecule has 5 rings (SSSR count). The molecule has 0 N–H and O–H groups in total. The average Bonchev–Trinajstić information content (AvgIpc) is 3.34. The fourth-order valence-electron chi connectivity index (χ4n) is 7.17. The zero-order valence-corrected chi connectivity index (χ0v) is 22.6. The molecule has 2 aromatic rings. The van der Waals surface area contributed by atoms with Crippen molar-refractivity contribution in [3.8, 4) is 0 Å². The van der Waals surface area contributed by atoms with Crippen LogP contribution in [0.5, 0.6) is 0 Å². The minimum absolute atomic E-state index is 0.0730. The molecule has 2 bridgehead atoms. The molecule has 3 saturated heterocycles. The molecule has 4 heterocycles. The van der Waals surface area contributed by atoms with Gasteiger partial charge in [-0.15, -0.1) is 10.2 Å². The first-order chi connectivity index (χ1) is 18.0. The van der Waals surface area contributed by atoms with Crippen LogP contribution in [0, 0.1) is 24.5 Å². The number of rotatable bonds is 8. The Morgan fingerprint density at radius 3 is 2.11 bits per heavy atom. The van der Waals surface area contributed by atoms with Gasteiger partial charge in [-0.25, -0.2) is 30.3 Å². The number of aromatic nitrogens is 3. The second kappa shape index (κ2) is 10.8. The van der Waals surface area contributed by atoms with Crippen molar-refractivity contribution in [2.24, 2.45) is 5.92 Å². The van der Waals surface area contributed by atoms with Crippen molar-refractivity contribution in [3.63, 3.8) is 0 Å². The van der Waals surface area contributed by atoms with E-state index in [4.69, 9.17) is 0 Å². The summed E-state index contributed by atoms with van der Waals surface area (Å²) in [5.41, 5.74) is 0.615. The molecule has 3 aliphatic rings. The zero-order chi connectivity index (χ0) is 27.2. The first-order valence-corrected chi connectivity index (χ1v) is 15.2. The Bertz CT molecular complexity index is 1210. The van der Waals surface area contributed by atoms with Crippen molar-refractivity contribution in [2.45, 2.75) is 82.3 Å². The minimum Gasteiger partial charge on any atom is -0.307 e. The van der Waals surface area contributed by atoms with Gasteiger partial charge >= 0.3 is 0 Å². The summed E-state index contributed by atoms with van der Waals surface area (Å²) in [6.45, 7) is 3.25. The van der Waals surface area contributed by atoms with E-state index in [0.717, 1.165) is 38.3 Å². The molecule has 3 aliphatic heterocycles. The van der Waals surface area contributed by atoms with Crippen molar-refractivity contribution in [3.05, 3.63) is 47.0 Å². The highest BCUT2D eigenvalue weighted by Crippen LogP contribution is 2.44. The summed E-state index contributed by atoms with van der Waals surface area (Å²) in [5.74, 6) is -0.986. The fraction of sp³-hybridized carbons (Fsp3) is 0.692. The SMILES string of the molecule is Cc1nnc(C(F)F)n1C1CC2CCC(C1)N2CC[C@@H](c1cc(F)cc(F)c1)C1CCN(S(C)(=O)=O)CC1. The van der Waals surface area contributed by atoms with E-state index in [1.54, 1.807) is 11.5 Å². The number of halogens is 4. The van der Waals surface area contributed by atoms with Crippen LogP contribution in [0.2, 0.25) is 0 Å². The summed E-state index contributed by atoms with van der Waals surface area (Å²) < 4.78 is 82.6. The van der Waals surface area contributed by atoms with Crippen LogP contribution in [0.25, 0.3) is 0 Å². The van der Waals surface area contributed by atoms with Crippen molar-refractivity contribution in [2.75, 3.05) is 25.9 Å². The van der Waals surface area contributed by atoms with E-state index < -0.39 is 28.1 Å². The second-order valence-electron chi connectivity index (χ2n) is 11.1. The molecule has 1 aromatic heterocycles. The zero-order valence-electron chi connectivity index (χ0n) is 21.7. The third kappa shape index (κ3) is 5.62. The molecule has 3 atom stereocenters. The van der Waals surface area contributed by atoms with Crippen LogP contribution in [-0.2, 0) is 10.0 Å². The maximum absolute atomic E-state index is 14.2. The van der Waals surface area contributed by atoms with Gasteiger partial charge in [0.15, 0.2) is 5.82 Å². The molecule has 0 amide bonds. The number of hydrogen-bond acceptors (Lipinski definition) is 5. The van der Waals surface area contributed by atoms with Gasteiger partial charge in [-0.2, -0.15) is 0 Å². The van der Waals surface area contributed by atoms with Gasteiger partial charge < -0.3 is 4.57 Å². The standard InChI is InChI=1S/C26H35F4N5O2S/c1-16-31-32-26(25(29)30)35(16)23-14-21-3-4-22(15-23)34(21)10-7-24(18-11-19(27)13-20(28)12-18)17-5-8-33(9-6-17)38(2,36)37/h11-13,17,21-25H,3-10,14-15H2,1-2H3/t21?,22?,23?,24-/m1/s1. The van der Waals surface area contributed by atoms with Crippen molar-refractivity contribution < 1.29 is 26.0 Å². The Hall–Kier alpha value is -2.05. The quantitative estimate of drug-likeness (QED) is 0.436. The van der Waals surface area contributed by atoms with Crippen molar-refractivity contribution >= 4 is 10.0 Å². The molecule has 0 saturated carbocycles. The Morgan fingerprint density at radius 2 is 1.55 bits per heavy atom. The lowest BCUT2D eigenvalue weighted by Crippen LogP contribution is -2.45. The van der Waals surface area contributed by atoms with Crippen LogP contribution in [0.4, 0.5) is 17.6 Å². The van der Waals surface area contributed by atoms with Gasteiger partial charge in [0, 0.05) is 37.3 Å². The van der Waals surface area contributed by atoms with Crippen LogP contribution in [0.1, 0.15) is 80.5 Å². The Kier molecular flexibility index (Phi) is 7.85. The van der Waals surface area contributed by atoms with E-state index in [1.165, 1.54) is 22.7 Å². The summed E-state index contributed by atoms with van der Waals surface area (Å²) in [7, 11) is -3.28. The van der Waals surface area contributed by atoms with Crippen LogP contribution in [0.3, 0.4) is 0 Å². The summed E-state index contributed by atoms with van der Waals surface area (Å²) in [6, 6.07) is 4.08.